The van der Waals surface area contributed by atoms with Crippen LogP contribution < -0.4 is 4.74 Å². The Balaban J connectivity index is 0.00000129. The van der Waals surface area contributed by atoms with Gasteiger partial charge in [0.15, 0.2) is 5.76 Å². The first-order chi connectivity index (χ1) is 13.4. The van der Waals surface area contributed by atoms with E-state index in [4.69, 9.17) is 27.2 Å². The van der Waals surface area contributed by atoms with Crippen LogP contribution in [-0.4, -0.2) is 74.2 Å². The van der Waals surface area contributed by atoms with Crippen LogP contribution in [0.15, 0.2) is 30.0 Å². The topological polar surface area (TPSA) is 72.5 Å². The van der Waals surface area contributed by atoms with Crippen molar-refractivity contribution in [3.8, 4) is 5.75 Å². The number of carbonyl (C=O) groups is 1. The van der Waals surface area contributed by atoms with Crippen LogP contribution in [0.5, 0.6) is 5.75 Å². The first-order valence-electron chi connectivity index (χ1n) is 9.00. The molecule has 1 unspecified atom stereocenters. The maximum atomic E-state index is 12.4. The molecule has 0 aliphatic rings. The lowest BCUT2D eigenvalue weighted by molar-refractivity contribution is -0.144. The zero-order valence-electron chi connectivity index (χ0n) is 18.2. The minimum absolute atomic E-state index is 0.0432. The van der Waals surface area contributed by atoms with E-state index in [1.54, 1.807) is 19.2 Å². The van der Waals surface area contributed by atoms with Gasteiger partial charge in [-0.05, 0) is 24.5 Å². The van der Waals surface area contributed by atoms with Crippen LogP contribution >= 0.6 is 0 Å². The number of hydrogen-bond acceptors (Lipinski definition) is 7. The van der Waals surface area contributed by atoms with Crippen molar-refractivity contribution in [2.75, 3.05) is 21.3 Å². The van der Waals surface area contributed by atoms with Crippen molar-refractivity contribution in [3.05, 3.63) is 35.6 Å². The Hall–Kier alpha value is -1.38. The fourth-order valence-corrected chi connectivity index (χ4v) is 6.71. The second-order valence-corrected chi connectivity index (χ2v) is 12.4. The molecule has 7 nitrogen and oxygen atoms in total. The third-order valence-electron chi connectivity index (χ3n) is 3.50. The largest absolute Gasteiger partial charge is 0.496 e. The molecule has 28 heavy (non-hydrogen) atoms. The molecule has 0 saturated heterocycles. The van der Waals surface area contributed by atoms with E-state index in [0.717, 1.165) is 37.6 Å². The molecule has 0 amide bonds. The number of esters is 1. The fourth-order valence-electron chi connectivity index (χ4n) is 2.49. The third-order valence-corrected chi connectivity index (χ3v) is 6.09. The number of rotatable bonds is 10. The number of benzene rings is 1. The van der Waals surface area contributed by atoms with Crippen molar-refractivity contribution >= 4 is 52.9 Å². The highest BCUT2D eigenvalue weighted by molar-refractivity contribution is 6.33. The molecule has 0 aliphatic carbocycles. The van der Waals surface area contributed by atoms with Gasteiger partial charge < -0.3 is 27.2 Å². The molecule has 0 aliphatic heterocycles. The monoisotopic (exact) mass is 462 g/mol. The van der Waals surface area contributed by atoms with E-state index in [2.05, 4.69) is 13.8 Å². The minimum Gasteiger partial charge on any atom is -0.496 e. The maximum Gasteiger partial charge on any atom is 0.377 e. The zero-order valence-corrected chi connectivity index (χ0v) is 25.7. The third kappa shape index (κ3) is 9.70. The van der Waals surface area contributed by atoms with Crippen molar-refractivity contribution in [2.24, 2.45) is 5.92 Å². The van der Waals surface area contributed by atoms with Crippen LogP contribution in [0.25, 0.3) is 5.76 Å². The number of methoxy groups -OCH3 is 3. The van der Waals surface area contributed by atoms with E-state index < -0.39 is 16.0 Å². The lowest BCUT2D eigenvalue weighted by Gasteiger charge is -2.18. The van der Waals surface area contributed by atoms with Gasteiger partial charge >= 0.3 is 5.97 Å². The summed E-state index contributed by atoms with van der Waals surface area (Å²) in [5.41, 5.74) is 0.573. The summed E-state index contributed by atoms with van der Waals surface area (Å²) in [6.45, 7) is 4.20. The highest BCUT2D eigenvalue weighted by Crippen LogP contribution is 2.29. The molecule has 11 heteroatoms. The number of carbonyl (C=O) groups excluding carboxylic acids is 1. The normalized spacial score (nSPS) is 13.1. The van der Waals surface area contributed by atoms with Gasteiger partial charge in [-0.25, -0.2) is 4.79 Å². The average Bonchev–Trinajstić information content (AvgIpc) is 2.66. The van der Waals surface area contributed by atoms with Crippen molar-refractivity contribution in [1.82, 2.24) is 0 Å². The predicted octanol–water partition coefficient (Wildman–Crippen LogP) is -1.48. The molecule has 0 heterocycles. The number of hydrogen-bond donors (Lipinski definition) is 0. The Morgan fingerprint density at radius 1 is 1.07 bits per heavy atom. The summed E-state index contributed by atoms with van der Waals surface area (Å²) in [5, 5.41) is 0. The van der Waals surface area contributed by atoms with Crippen LogP contribution in [0.1, 0.15) is 25.8 Å². The zero-order chi connectivity index (χ0) is 21.5. The number of ether oxygens (including phenoxy) is 4. The Morgan fingerprint density at radius 2 is 1.68 bits per heavy atom. The SMILES string of the molecule is COC(C(=O)OC([SiH3])CC(C)C)=C(OC)c1ccccc1OC.[SiH3]O[SiH2]O[SiH3]. The van der Waals surface area contributed by atoms with Crippen LogP contribution in [0.2, 0.25) is 0 Å². The van der Waals surface area contributed by atoms with Gasteiger partial charge in [0.05, 0.1) is 42.9 Å². The van der Waals surface area contributed by atoms with Gasteiger partial charge in [-0.15, -0.1) is 0 Å². The van der Waals surface area contributed by atoms with Gasteiger partial charge in [-0.3, -0.25) is 0 Å². The molecule has 0 radical (unpaired) electrons. The lowest BCUT2D eigenvalue weighted by atomic mass is 10.1. The van der Waals surface area contributed by atoms with Crippen LogP contribution in [0.4, 0.5) is 0 Å². The van der Waals surface area contributed by atoms with Gasteiger partial charge in [0, 0.05) is 0 Å². The summed E-state index contributed by atoms with van der Waals surface area (Å²) < 4.78 is 31.1. The van der Waals surface area contributed by atoms with Crippen LogP contribution in [0, 0.1) is 5.92 Å². The van der Waals surface area contributed by atoms with Crippen LogP contribution in [-0.2, 0) is 27.2 Å². The van der Waals surface area contributed by atoms with Gasteiger partial charge in [0.2, 0.25) is 5.76 Å². The molecule has 1 aromatic carbocycles. The van der Waals surface area contributed by atoms with E-state index in [-0.39, 0.29) is 11.5 Å². The summed E-state index contributed by atoms with van der Waals surface area (Å²) in [5.74, 6) is 0.888. The average molecular weight is 463 g/mol. The van der Waals surface area contributed by atoms with Gasteiger partial charge in [0.25, 0.3) is 10.0 Å². The van der Waals surface area contributed by atoms with E-state index >= 15 is 0 Å². The Labute approximate surface area is 179 Å². The first-order valence-corrected chi connectivity index (χ1v) is 12.9. The molecule has 0 bridgehead atoms. The van der Waals surface area contributed by atoms with Gasteiger partial charge in [-0.1, -0.05) is 26.0 Å². The van der Waals surface area contributed by atoms with Crippen molar-refractivity contribution in [1.29, 1.82) is 0 Å². The van der Waals surface area contributed by atoms with Crippen molar-refractivity contribution in [3.63, 3.8) is 0 Å². The molecule has 0 N–H and O–H groups in total. The molecule has 1 aromatic rings. The summed E-state index contributed by atoms with van der Waals surface area (Å²) >= 11 is 0. The van der Waals surface area contributed by atoms with E-state index in [0.29, 0.717) is 23.0 Å². The first kappa shape index (κ1) is 26.6. The van der Waals surface area contributed by atoms with Gasteiger partial charge in [0.1, 0.15) is 26.7 Å². The second kappa shape index (κ2) is 15.5. The Bertz CT molecular complexity index is 609. The number of para-hydroxylation sites is 1. The summed E-state index contributed by atoms with van der Waals surface area (Å²) in [6.07, 6.45) is 0.839. The van der Waals surface area contributed by atoms with E-state index in [1.165, 1.54) is 14.2 Å². The Kier molecular flexibility index (Phi) is 14.8. The highest BCUT2D eigenvalue weighted by atomic mass is 28.3. The van der Waals surface area contributed by atoms with Gasteiger partial charge in [-0.2, -0.15) is 0 Å². The van der Waals surface area contributed by atoms with Crippen molar-refractivity contribution < 1.29 is 32.0 Å². The predicted molar refractivity (Wildman–Crippen MR) is 124 cm³/mol. The van der Waals surface area contributed by atoms with E-state index in [9.17, 15) is 4.79 Å². The Morgan fingerprint density at radius 3 is 2.11 bits per heavy atom. The maximum absolute atomic E-state index is 12.4. The van der Waals surface area contributed by atoms with Crippen LogP contribution in [0.3, 0.4) is 0 Å². The molecular weight excluding hydrogens is 429 g/mol. The van der Waals surface area contributed by atoms with E-state index in [1.807, 2.05) is 12.1 Å². The molecular formula is C17H34O7Si4. The summed E-state index contributed by atoms with van der Waals surface area (Å²) in [6, 6.07) is 7.28. The van der Waals surface area contributed by atoms with Crippen molar-refractivity contribution in [2.45, 2.75) is 26.0 Å². The molecule has 1 rings (SSSR count). The standard InChI is InChI=1S/C17H26O5Si.H8O2Si3/c1-11(2)10-14(23)22-17(18)16(21-5)15(20-4)12-8-6-7-9-13(12)19-3;3-1-5-2-4/h6-9,11,14H,10H2,1-5,23H3;5H2,3-4H3. The molecule has 0 aromatic heterocycles. The summed E-state index contributed by atoms with van der Waals surface area (Å²) in [4.78, 5) is 12.4. The molecule has 1 atom stereocenters. The molecule has 160 valence electrons. The quantitative estimate of drug-likeness (QED) is 0.182. The lowest BCUT2D eigenvalue weighted by Crippen LogP contribution is -2.23. The highest BCUT2D eigenvalue weighted by Gasteiger charge is 2.24. The summed E-state index contributed by atoms with van der Waals surface area (Å²) in [7, 11) is 6.51. The molecule has 0 spiro atoms. The molecule has 0 saturated carbocycles. The minimum atomic E-state index is -0.518. The second-order valence-electron chi connectivity index (χ2n) is 6.31. The molecule has 0 fully saturated rings. The fraction of sp³-hybridized carbons (Fsp3) is 0.471. The smallest absolute Gasteiger partial charge is 0.377 e.